The minimum Gasteiger partial charge on any atom is -0.326 e. The van der Waals surface area contributed by atoms with Crippen molar-refractivity contribution >= 4 is 34.8 Å². The van der Waals surface area contributed by atoms with Crippen LogP contribution in [0.5, 0.6) is 0 Å². The maximum absolute atomic E-state index is 12.0. The Labute approximate surface area is 123 Å². The molecular weight excluding hydrogens is 278 g/mol. The van der Waals surface area contributed by atoms with E-state index in [0.717, 1.165) is 6.42 Å². The van der Waals surface area contributed by atoms with E-state index in [2.05, 4.69) is 10.6 Å². The van der Waals surface area contributed by atoms with E-state index in [1.54, 1.807) is 18.2 Å². The van der Waals surface area contributed by atoms with Crippen molar-refractivity contribution in [2.24, 2.45) is 11.7 Å². The van der Waals surface area contributed by atoms with Gasteiger partial charge in [-0.2, -0.15) is 0 Å². The van der Waals surface area contributed by atoms with Crippen LogP contribution >= 0.6 is 11.6 Å². The average Bonchev–Trinajstić information content (AvgIpc) is 2.40. The molecule has 0 saturated heterocycles. The molecule has 0 aromatic heterocycles. The van der Waals surface area contributed by atoms with Gasteiger partial charge in [-0.1, -0.05) is 31.9 Å². The standard InChI is InChI=1S/C14H20ClN3O2/c1-4-8(2)13(16)14(20)18-12-7-10(17-9(3)19)5-6-11(12)15/h5-8,13H,4,16H2,1-3H3,(H,17,19)(H,18,20). The predicted octanol–water partition coefficient (Wildman–Crippen LogP) is 2.61. The second-order valence-corrected chi connectivity index (χ2v) is 5.18. The molecule has 4 N–H and O–H groups in total. The summed E-state index contributed by atoms with van der Waals surface area (Å²) in [5.41, 5.74) is 6.86. The van der Waals surface area contributed by atoms with Crippen LogP contribution in [0, 0.1) is 5.92 Å². The molecule has 6 heteroatoms. The van der Waals surface area contributed by atoms with Crippen LogP contribution in [0.1, 0.15) is 27.2 Å². The zero-order valence-corrected chi connectivity index (χ0v) is 12.6. The molecule has 110 valence electrons. The molecule has 0 bridgehead atoms. The minimum absolute atomic E-state index is 0.0762. The van der Waals surface area contributed by atoms with Gasteiger partial charge in [-0.15, -0.1) is 0 Å². The number of anilines is 2. The van der Waals surface area contributed by atoms with Crippen molar-refractivity contribution in [3.63, 3.8) is 0 Å². The molecule has 2 unspecified atom stereocenters. The fourth-order valence-corrected chi connectivity index (χ4v) is 1.80. The average molecular weight is 298 g/mol. The van der Waals surface area contributed by atoms with Gasteiger partial charge in [-0.3, -0.25) is 9.59 Å². The molecule has 0 heterocycles. The lowest BCUT2D eigenvalue weighted by Crippen LogP contribution is -2.40. The Morgan fingerprint density at radius 2 is 2.00 bits per heavy atom. The number of hydrogen-bond acceptors (Lipinski definition) is 3. The molecule has 0 spiro atoms. The van der Waals surface area contributed by atoms with Gasteiger partial charge in [0.25, 0.3) is 0 Å². The molecule has 0 aliphatic carbocycles. The number of nitrogens with two attached hydrogens (primary N) is 1. The Morgan fingerprint density at radius 1 is 1.35 bits per heavy atom. The highest BCUT2D eigenvalue weighted by Crippen LogP contribution is 2.26. The van der Waals surface area contributed by atoms with Crippen LogP contribution in [0.3, 0.4) is 0 Å². The number of nitrogens with one attached hydrogen (secondary N) is 2. The van der Waals surface area contributed by atoms with Gasteiger partial charge in [-0.05, 0) is 24.1 Å². The van der Waals surface area contributed by atoms with E-state index in [9.17, 15) is 9.59 Å². The van der Waals surface area contributed by atoms with Crippen molar-refractivity contribution in [2.75, 3.05) is 10.6 Å². The first kappa shape index (κ1) is 16.5. The quantitative estimate of drug-likeness (QED) is 0.781. The molecule has 1 aromatic rings. The fourth-order valence-electron chi connectivity index (χ4n) is 1.63. The van der Waals surface area contributed by atoms with Crippen LogP contribution in [0.4, 0.5) is 11.4 Å². The SMILES string of the molecule is CCC(C)C(N)C(=O)Nc1cc(NC(C)=O)ccc1Cl. The number of carbonyl (C=O) groups is 2. The Hall–Kier alpha value is -1.59. The molecule has 2 amide bonds. The van der Waals surface area contributed by atoms with E-state index in [-0.39, 0.29) is 17.7 Å². The van der Waals surface area contributed by atoms with Crippen molar-refractivity contribution in [1.82, 2.24) is 0 Å². The smallest absolute Gasteiger partial charge is 0.241 e. The molecule has 0 aliphatic heterocycles. The van der Waals surface area contributed by atoms with E-state index in [0.29, 0.717) is 16.4 Å². The molecule has 0 radical (unpaired) electrons. The first-order valence-electron chi connectivity index (χ1n) is 6.48. The summed E-state index contributed by atoms with van der Waals surface area (Å²) in [7, 11) is 0. The molecule has 0 aliphatic rings. The molecule has 0 fully saturated rings. The number of hydrogen-bond donors (Lipinski definition) is 3. The number of amides is 2. The summed E-state index contributed by atoms with van der Waals surface area (Å²) >= 11 is 6.03. The van der Waals surface area contributed by atoms with E-state index in [1.165, 1.54) is 6.92 Å². The van der Waals surface area contributed by atoms with Crippen LogP contribution in [0.15, 0.2) is 18.2 Å². The van der Waals surface area contributed by atoms with Crippen LogP contribution in [-0.2, 0) is 9.59 Å². The van der Waals surface area contributed by atoms with Crippen molar-refractivity contribution in [1.29, 1.82) is 0 Å². The van der Waals surface area contributed by atoms with Crippen LogP contribution in [-0.4, -0.2) is 17.9 Å². The maximum atomic E-state index is 12.0. The third kappa shape index (κ3) is 4.51. The van der Waals surface area contributed by atoms with Gasteiger partial charge >= 0.3 is 0 Å². The number of rotatable bonds is 5. The summed E-state index contributed by atoms with van der Waals surface area (Å²) in [5, 5.41) is 5.71. The van der Waals surface area contributed by atoms with Gasteiger partial charge in [0.15, 0.2) is 0 Å². The van der Waals surface area contributed by atoms with Gasteiger partial charge in [0.05, 0.1) is 16.8 Å². The lowest BCUT2D eigenvalue weighted by molar-refractivity contribution is -0.118. The Bertz CT molecular complexity index is 505. The van der Waals surface area contributed by atoms with E-state index in [4.69, 9.17) is 17.3 Å². The lowest BCUT2D eigenvalue weighted by atomic mass is 9.99. The van der Waals surface area contributed by atoms with Gasteiger partial charge in [-0.25, -0.2) is 0 Å². The summed E-state index contributed by atoms with van der Waals surface area (Å²) in [6.07, 6.45) is 0.814. The summed E-state index contributed by atoms with van der Waals surface area (Å²) in [5.74, 6) is -0.408. The molecule has 1 rings (SSSR count). The van der Waals surface area contributed by atoms with Gasteiger partial charge in [0, 0.05) is 12.6 Å². The molecular formula is C14H20ClN3O2. The Balaban J connectivity index is 2.85. The monoisotopic (exact) mass is 297 g/mol. The van der Waals surface area contributed by atoms with Gasteiger partial charge < -0.3 is 16.4 Å². The summed E-state index contributed by atoms with van der Waals surface area (Å²) < 4.78 is 0. The summed E-state index contributed by atoms with van der Waals surface area (Å²) in [4.78, 5) is 23.0. The fraction of sp³-hybridized carbons (Fsp3) is 0.429. The Morgan fingerprint density at radius 3 is 2.55 bits per heavy atom. The number of benzene rings is 1. The highest BCUT2D eigenvalue weighted by atomic mass is 35.5. The lowest BCUT2D eigenvalue weighted by Gasteiger charge is -2.18. The highest BCUT2D eigenvalue weighted by Gasteiger charge is 2.20. The van der Waals surface area contributed by atoms with E-state index >= 15 is 0 Å². The van der Waals surface area contributed by atoms with Crippen molar-refractivity contribution in [3.05, 3.63) is 23.2 Å². The van der Waals surface area contributed by atoms with Crippen LogP contribution in [0.2, 0.25) is 5.02 Å². The van der Waals surface area contributed by atoms with E-state index < -0.39 is 6.04 Å². The van der Waals surface area contributed by atoms with E-state index in [1.807, 2.05) is 13.8 Å². The topological polar surface area (TPSA) is 84.2 Å². The van der Waals surface area contributed by atoms with Crippen molar-refractivity contribution in [3.8, 4) is 0 Å². The van der Waals surface area contributed by atoms with Gasteiger partial charge in [0.2, 0.25) is 11.8 Å². The first-order valence-corrected chi connectivity index (χ1v) is 6.86. The normalized spacial score (nSPS) is 13.4. The molecule has 2 atom stereocenters. The first-order chi connectivity index (χ1) is 9.35. The third-order valence-electron chi connectivity index (χ3n) is 3.10. The maximum Gasteiger partial charge on any atom is 0.241 e. The second kappa shape index (κ2) is 7.26. The van der Waals surface area contributed by atoms with Crippen molar-refractivity contribution < 1.29 is 9.59 Å². The largest absolute Gasteiger partial charge is 0.326 e. The molecule has 5 nitrogen and oxygen atoms in total. The highest BCUT2D eigenvalue weighted by molar-refractivity contribution is 6.34. The van der Waals surface area contributed by atoms with Crippen molar-refractivity contribution in [2.45, 2.75) is 33.2 Å². The predicted molar refractivity (Wildman–Crippen MR) is 81.8 cm³/mol. The Kier molecular flexibility index (Phi) is 5.98. The van der Waals surface area contributed by atoms with Crippen LogP contribution in [0.25, 0.3) is 0 Å². The van der Waals surface area contributed by atoms with Gasteiger partial charge in [0.1, 0.15) is 0 Å². The number of halogens is 1. The molecule has 20 heavy (non-hydrogen) atoms. The summed E-state index contributed by atoms with van der Waals surface area (Å²) in [6, 6.07) is 4.27. The minimum atomic E-state index is -0.597. The summed E-state index contributed by atoms with van der Waals surface area (Å²) in [6.45, 7) is 5.30. The number of carbonyl (C=O) groups excluding carboxylic acids is 2. The molecule has 1 aromatic carbocycles. The molecule has 0 saturated carbocycles. The zero-order valence-electron chi connectivity index (χ0n) is 11.9. The zero-order chi connectivity index (χ0) is 15.3. The third-order valence-corrected chi connectivity index (χ3v) is 3.43. The second-order valence-electron chi connectivity index (χ2n) is 4.78. The van der Waals surface area contributed by atoms with Crippen LogP contribution < -0.4 is 16.4 Å².